The van der Waals surface area contributed by atoms with Crippen molar-refractivity contribution in [3.8, 4) is 0 Å². The van der Waals surface area contributed by atoms with Gasteiger partial charge in [0, 0.05) is 54.2 Å². The summed E-state index contributed by atoms with van der Waals surface area (Å²) in [6.07, 6.45) is 2.75. The second kappa shape index (κ2) is 8.73. The van der Waals surface area contributed by atoms with E-state index in [2.05, 4.69) is 16.4 Å². The topological polar surface area (TPSA) is 65.2 Å². The minimum atomic E-state index is -0.197. The zero-order valence-corrected chi connectivity index (χ0v) is 15.9. The van der Waals surface area contributed by atoms with Crippen LogP contribution < -0.4 is 5.32 Å². The SMILES string of the molecule is CC(=O)N(CCNC(=O)c1cccc(Cl)c1)CCc1c[nH]c2ccccc12. The highest BCUT2D eigenvalue weighted by Crippen LogP contribution is 2.18. The van der Waals surface area contributed by atoms with Crippen LogP contribution in [0.5, 0.6) is 0 Å². The fourth-order valence-electron chi connectivity index (χ4n) is 3.06. The molecule has 2 amide bonds. The number of rotatable bonds is 7. The van der Waals surface area contributed by atoms with Crippen LogP contribution >= 0.6 is 11.6 Å². The average Bonchev–Trinajstić information content (AvgIpc) is 3.07. The predicted molar refractivity (Wildman–Crippen MR) is 108 cm³/mol. The van der Waals surface area contributed by atoms with Crippen molar-refractivity contribution in [1.29, 1.82) is 0 Å². The van der Waals surface area contributed by atoms with Gasteiger partial charge in [-0.1, -0.05) is 35.9 Å². The zero-order chi connectivity index (χ0) is 19.2. The number of nitrogens with zero attached hydrogens (tertiary/aromatic N) is 1. The number of hydrogen-bond acceptors (Lipinski definition) is 2. The predicted octanol–water partition coefficient (Wildman–Crippen LogP) is 3.64. The van der Waals surface area contributed by atoms with Crippen LogP contribution in [0.3, 0.4) is 0 Å². The quantitative estimate of drug-likeness (QED) is 0.654. The molecule has 6 heteroatoms. The molecule has 0 saturated heterocycles. The first-order valence-electron chi connectivity index (χ1n) is 8.89. The summed E-state index contributed by atoms with van der Waals surface area (Å²) in [4.78, 5) is 29.1. The molecule has 3 aromatic rings. The number of H-pyrrole nitrogens is 1. The number of hydrogen-bond donors (Lipinski definition) is 2. The Balaban J connectivity index is 1.53. The molecule has 27 heavy (non-hydrogen) atoms. The summed E-state index contributed by atoms with van der Waals surface area (Å²) in [5.74, 6) is -0.204. The number of aromatic amines is 1. The van der Waals surface area contributed by atoms with E-state index in [1.165, 1.54) is 10.9 Å². The van der Waals surface area contributed by atoms with Crippen LogP contribution in [0.4, 0.5) is 0 Å². The van der Waals surface area contributed by atoms with Crippen LogP contribution in [0.1, 0.15) is 22.8 Å². The summed E-state index contributed by atoms with van der Waals surface area (Å²) < 4.78 is 0. The molecule has 5 nitrogen and oxygen atoms in total. The zero-order valence-electron chi connectivity index (χ0n) is 15.2. The highest BCUT2D eigenvalue weighted by Gasteiger charge is 2.12. The Bertz CT molecular complexity index is 951. The van der Waals surface area contributed by atoms with Gasteiger partial charge in [-0.3, -0.25) is 9.59 Å². The number of amides is 2. The summed E-state index contributed by atoms with van der Waals surface area (Å²) in [6.45, 7) is 3.00. The maximum absolute atomic E-state index is 12.2. The molecular formula is C21H22ClN3O2. The maximum atomic E-state index is 12.2. The van der Waals surface area contributed by atoms with Gasteiger partial charge in [-0.2, -0.15) is 0 Å². The van der Waals surface area contributed by atoms with Crippen LogP contribution in [0.2, 0.25) is 5.02 Å². The van der Waals surface area contributed by atoms with E-state index in [0.29, 0.717) is 30.2 Å². The second-order valence-corrected chi connectivity index (χ2v) is 6.82. The molecule has 2 aromatic carbocycles. The Hall–Kier alpha value is -2.79. The van der Waals surface area contributed by atoms with Gasteiger partial charge in [0.15, 0.2) is 0 Å². The standard InChI is InChI=1S/C21H22ClN3O2/c1-15(26)25(11-9-17-14-24-20-8-3-2-7-19(17)20)12-10-23-21(27)16-5-4-6-18(22)13-16/h2-8,13-14,24H,9-12H2,1H3,(H,23,27). The Labute approximate surface area is 163 Å². The summed E-state index contributed by atoms with van der Waals surface area (Å²) in [6, 6.07) is 14.9. The first kappa shape index (κ1) is 19.0. The molecule has 1 aromatic heterocycles. The van der Waals surface area contributed by atoms with Crippen LogP contribution in [0.25, 0.3) is 10.9 Å². The van der Waals surface area contributed by atoms with Gasteiger partial charge in [0.25, 0.3) is 5.91 Å². The number of carbonyl (C=O) groups excluding carboxylic acids is 2. The van der Waals surface area contributed by atoms with Crippen LogP contribution in [-0.4, -0.2) is 41.3 Å². The van der Waals surface area contributed by atoms with Gasteiger partial charge in [0.1, 0.15) is 0 Å². The molecule has 0 aliphatic rings. The summed E-state index contributed by atoms with van der Waals surface area (Å²) >= 11 is 5.91. The lowest BCUT2D eigenvalue weighted by atomic mass is 10.1. The smallest absolute Gasteiger partial charge is 0.251 e. The third kappa shape index (κ3) is 4.89. The third-order valence-corrected chi connectivity index (χ3v) is 4.76. The highest BCUT2D eigenvalue weighted by molar-refractivity contribution is 6.30. The van der Waals surface area contributed by atoms with E-state index in [1.54, 1.807) is 36.1 Å². The highest BCUT2D eigenvalue weighted by atomic mass is 35.5. The molecule has 0 atom stereocenters. The maximum Gasteiger partial charge on any atom is 0.251 e. The number of aromatic nitrogens is 1. The molecule has 0 aliphatic heterocycles. The van der Waals surface area contributed by atoms with Crippen molar-refractivity contribution in [2.45, 2.75) is 13.3 Å². The molecule has 140 valence electrons. The molecular weight excluding hydrogens is 362 g/mol. The molecule has 0 bridgehead atoms. The van der Waals surface area contributed by atoms with Crippen molar-refractivity contribution in [1.82, 2.24) is 15.2 Å². The van der Waals surface area contributed by atoms with Crippen LogP contribution in [0.15, 0.2) is 54.7 Å². The molecule has 3 rings (SSSR count). The lowest BCUT2D eigenvalue weighted by Gasteiger charge is -2.21. The summed E-state index contributed by atoms with van der Waals surface area (Å²) in [5.41, 5.74) is 2.78. The van der Waals surface area contributed by atoms with E-state index >= 15 is 0 Å². The van der Waals surface area contributed by atoms with E-state index < -0.39 is 0 Å². The largest absolute Gasteiger partial charge is 0.361 e. The summed E-state index contributed by atoms with van der Waals surface area (Å²) in [5, 5.41) is 4.53. The van der Waals surface area contributed by atoms with Gasteiger partial charge in [-0.05, 0) is 36.2 Å². The monoisotopic (exact) mass is 383 g/mol. The minimum absolute atomic E-state index is 0.00755. The number of fused-ring (bicyclic) bond motifs is 1. The minimum Gasteiger partial charge on any atom is -0.361 e. The molecule has 0 spiro atoms. The van der Waals surface area contributed by atoms with Crippen LogP contribution in [-0.2, 0) is 11.2 Å². The lowest BCUT2D eigenvalue weighted by Crippen LogP contribution is -2.38. The van der Waals surface area contributed by atoms with Crippen molar-refractivity contribution < 1.29 is 9.59 Å². The number of carbonyl (C=O) groups is 2. The fraction of sp³-hybridized carbons (Fsp3) is 0.238. The van der Waals surface area contributed by atoms with Crippen molar-refractivity contribution in [3.63, 3.8) is 0 Å². The number of para-hydroxylation sites is 1. The Kier molecular flexibility index (Phi) is 6.14. The van der Waals surface area contributed by atoms with Gasteiger partial charge in [0.05, 0.1) is 0 Å². The van der Waals surface area contributed by atoms with E-state index in [0.717, 1.165) is 11.9 Å². The molecule has 2 N–H and O–H groups in total. The number of halogens is 1. The number of benzene rings is 2. The normalized spacial score (nSPS) is 10.7. The Morgan fingerprint density at radius 1 is 1.11 bits per heavy atom. The molecule has 0 unspecified atom stereocenters. The van der Waals surface area contributed by atoms with Gasteiger partial charge < -0.3 is 15.2 Å². The average molecular weight is 384 g/mol. The van der Waals surface area contributed by atoms with Crippen molar-refractivity contribution in [2.75, 3.05) is 19.6 Å². The van der Waals surface area contributed by atoms with Gasteiger partial charge in [-0.25, -0.2) is 0 Å². The van der Waals surface area contributed by atoms with Gasteiger partial charge in [0.2, 0.25) is 5.91 Å². The van der Waals surface area contributed by atoms with Gasteiger partial charge in [-0.15, -0.1) is 0 Å². The Morgan fingerprint density at radius 3 is 2.70 bits per heavy atom. The van der Waals surface area contributed by atoms with E-state index in [-0.39, 0.29) is 11.8 Å². The third-order valence-electron chi connectivity index (χ3n) is 4.53. The number of nitrogens with one attached hydrogen (secondary N) is 2. The van der Waals surface area contributed by atoms with Crippen LogP contribution in [0, 0.1) is 0 Å². The van der Waals surface area contributed by atoms with E-state index in [1.807, 2.05) is 24.4 Å². The Morgan fingerprint density at radius 2 is 1.93 bits per heavy atom. The molecule has 0 aliphatic carbocycles. The van der Waals surface area contributed by atoms with E-state index in [9.17, 15) is 9.59 Å². The van der Waals surface area contributed by atoms with E-state index in [4.69, 9.17) is 11.6 Å². The van der Waals surface area contributed by atoms with Crippen molar-refractivity contribution in [2.24, 2.45) is 0 Å². The molecule has 0 radical (unpaired) electrons. The first-order chi connectivity index (χ1) is 13.0. The molecule has 0 fully saturated rings. The molecule has 0 saturated carbocycles. The van der Waals surface area contributed by atoms with Crippen molar-refractivity contribution >= 4 is 34.3 Å². The lowest BCUT2D eigenvalue weighted by molar-refractivity contribution is -0.128. The van der Waals surface area contributed by atoms with Gasteiger partial charge >= 0.3 is 0 Å². The summed E-state index contributed by atoms with van der Waals surface area (Å²) in [7, 11) is 0. The first-order valence-corrected chi connectivity index (χ1v) is 9.26. The molecule has 1 heterocycles. The second-order valence-electron chi connectivity index (χ2n) is 6.38. The van der Waals surface area contributed by atoms with Crippen molar-refractivity contribution in [3.05, 3.63) is 70.9 Å². The fourth-order valence-corrected chi connectivity index (χ4v) is 3.25.